The molecule has 7 heteroatoms. The molecule has 0 bridgehead atoms. The van der Waals surface area contributed by atoms with Gasteiger partial charge in [-0.3, -0.25) is 10.2 Å². The quantitative estimate of drug-likeness (QED) is 0.280. The maximum absolute atomic E-state index is 11.9. The van der Waals surface area contributed by atoms with Crippen LogP contribution < -0.4 is 19.5 Å². The molecule has 0 aromatic heterocycles. The summed E-state index contributed by atoms with van der Waals surface area (Å²) in [6, 6.07) is 12.5. The van der Waals surface area contributed by atoms with Gasteiger partial charge in [0.2, 0.25) is 5.90 Å². The van der Waals surface area contributed by atoms with Crippen LogP contribution in [0.4, 0.5) is 0 Å². The Labute approximate surface area is 184 Å². The van der Waals surface area contributed by atoms with Crippen molar-refractivity contribution in [1.82, 2.24) is 5.32 Å². The predicted molar refractivity (Wildman–Crippen MR) is 121 cm³/mol. The molecule has 168 valence electrons. The molecule has 7 nitrogen and oxygen atoms in total. The van der Waals surface area contributed by atoms with Crippen molar-refractivity contribution in [2.24, 2.45) is 0 Å². The summed E-state index contributed by atoms with van der Waals surface area (Å²) < 4.78 is 22.1. The number of carbonyl (C=O) groups is 1. The van der Waals surface area contributed by atoms with Crippen molar-refractivity contribution in [2.75, 3.05) is 33.5 Å². The number of carbonyl (C=O) groups excluding carboxylic acids is 1. The maximum Gasteiger partial charge on any atom is 0.251 e. The van der Waals surface area contributed by atoms with Crippen molar-refractivity contribution in [3.8, 4) is 17.2 Å². The Bertz CT molecular complexity index is 836. The molecule has 0 spiro atoms. The average molecular weight is 429 g/mol. The number of nitrogens with one attached hydrogen (secondary N) is 2. The van der Waals surface area contributed by atoms with Gasteiger partial charge in [0.15, 0.2) is 11.5 Å². The van der Waals surface area contributed by atoms with Crippen LogP contribution in [0.2, 0.25) is 0 Å². The number of hydrogen-bond acceptors (Lipinski definition) is 6. The Morgan fingerprint density at radius 2 is 1.58 bits per heavy atom. The van der Waals surface area contributed by atoms with Crippen molar-refractivity contribution in [1.29, 1.82) is 5.41 Å². The van der Waals surface area contributed by atoms with E-state index in [2.05, 4.69) is 5.32 Å². The summed E-state index contributed by atoms with van der Waals surface area (Å²) in [4.78, 5) is 11.9. The van der Waals surface area contributed by atoms with E-state index in [1.54, 1.807) is 25.3 Å². The number of ether oxygens (including phenoxy) is 4. The highest BCUT2D eigenvalue weighted by Crippen LogP contribution is 2.28. The van der Waals surface area contributed by atoms with Crippen LogP contribution in [0.3, 0.4) is 0 Å². The first-order chi connectivity index (χ1) is 15.1. The van der Waals surface area contributed by atoms with E-state index in [4.69, 9.17) is 24.4 Å². The Hall–Kier alpha value is -3.22. The van der Waals surface area contributed by atoms with Gasteiger partial charge in [0.1, 0.15) is 5.75 Å². The van der Waals surface area contributed by atoms with Gasteiger partial charge in [-0.15, -0.1) is 0 Å². The highest BCUT2D eigenvalue weighted by atomic mass is 16.5. The third-order valence-electron chi connectivity index (χ3n) is 4.48. The van der Waals surface area contributed by atoms with Gasteiger partial charge >= 0.3 is 0 Å². The summed E-state index contributed by atoms with van der Waals surface area (Å²) >= 11 is 0. The molecule has 2 rings (SSSR count). The Morgan fingerprint density at radius 3 is 2.23 bits per heavy atom. The molecule has 0 saturated carbocycles. The molecule has 0 aliphatic rings. The zero-order valence-electron chi connectivity index (χ0n) is 18.5. The van der Waals surface area contributed by atoms with Gasteiger partial charge in [-0.05, 0) is 75.6 Å². The van der Waals surface area contributed by atoms with Crippen molar-refractivity contribution in [2.45, 2.75) is 33.1 Å². The number of unbranched alkanes of at least 4 members (excludes halogenated alkanes) is 2. The second-order valence-corrected chi connectivity index (χ2v) is 6.77. The molecule has 0 fully saturated rings. The molecule has 0 atom stereocenters. The molecule has 0 aliphatic heterocycles. The molecule has 2 aromatic rings. The highest BCUT2D eigenvalue weighted by molar-refractivity contribution is 5.94. The second-order valence-electron chi connectivity index (χ2n) is 6.77. The van der Waals surface area contributed by atoms with E-state index in [0.717, 1.165) is 30.6 Å². The van der Waals surface area contributed by atoms with Crippen molar-refractivity contribution in [3.05, 3.63) is 53.6 Å². The lowest BCUT2D eigenvalue weighted by atomic mass is 10.2. The first kappa shape index (κ1) is 24.1. The first-order valence-electron chi connectivity index (χ1n) is 10.6. The van der Waals surface area contributed by atoms with Crippen LogP contribution in [0.15, 0.2) is 42.5 Å². The minimum Gasteiger partial charge on any atom is -0.494 e. The molecule has 1 amide bonds. The molecule has 0 saturated heterocycles. The lowest BCUT2D eigenvalue weighted by Crippen LogP contribution is -2.22. The molecular formula is C24H32N2O5. The number of methoxy groups -OCH3 is 1. The van der Waals surface area contributed by atoms with Crippen LogP contribution in [0, 0.1) is 5.41 Å². The summed E-state index contributed by atoms with van der Waals surface area (Å²) in [6.45, 7) is 5.97. The molecule has 0 heterocycles. The fraction of sp³-hybridized carbons (Fsp3) is 0.417. The Morgan fingerprint density at radius 1 is 0.903 bits per heavy atom. The standard InChI is InChI=1S/C24H32N2O5/c1-4-26-24(27)19-11-14-21(22(17-19)28-3)31-16-8-6-7-15-30-20-12-9-18(10-13-20)23(25)29-5-2/h9-14,17,25H,4-8,15-16H2,1-3H3,(H,26,27). The van der Waals surface area contributed by atoms with E-state index in [9.17, 15) is 4.79 Å². The van der Waals surface area contributed by atoms with Crippen LogP contribution in [0.25, 0.3) is 0 Å². The molecular weight excluding hydrogens is 396 g/mol. The van der Waals surface area contributed by atoms with Gasteiger partial charge < -0.3 is 24.3 Å². The van der Waals surface area contributed by atoms with Gasteiger partial charge in [0.05, 0.1) is 26.9 Å². The molecule has 2 N–H and O–H groups in total. The van der Waals surface area contributed by atoms with E-state index in [1.165, 1.54) is 0 Å². The molecule has 0 aliphatic carbocycles. The minimum atomic E-state index is -0.130. The summed E-state index contributed by atoms with van der Waals surface area (Å²) in [7, 11) is 1.56. The van der Waals surface area contributed by atoms with E-state index in [0.29, 0.717) is 43.4 Å². The number of rotatable bonds is 13. The second kappa shape index (κ2) is 13.2. The van der Waals surface area contributed by atoms with Crippen molar-refractivity contribution < 1.29 is 23.7 Å². The zero-order valence-corrected chi connectivity index (χ0v) is 18.5. The van der Waals surface area contributed by atoms with Crippen molar-refractivity contribution >= 4 is 11.8 Å². The largest absolute Gasteiger partial charge is 0.494 e. The third kappa shape index (κ3) is 7.85. The molecule has 31 heavy (non-hydrogen) atoms. The number of amides is 1. The van der Waals surface area contributed by atoms with Crippen LogP contribution in [-0.4, -0.2) is 45.3 Å². The molecule has 0 radical (unpaired) electrons. The van der Waals surface area contributed by atoms with E-state index >= 15 is 0 Å². The fourth-order valence-electron chi connectivity index (χ4n) is 2.87. The molecule has 2 aromatic carbocycles. The third-order valence-corrected chi connectivity index (χ3v) is 4.48. The fourth-order valence-corrected chi connectivity index (χ4v) is 2.87. The van der Waals surface area contributed by atoms with Crippen molar-refractivity contribution in [3.63, 3.8) is 0 Å². The highest BCUT2D eigenvalue weighted by Gasteiger charge is 2.10. The minimum absolute atomic E-state index is 0.130. The Kier molecular flexibility index (Phi) is 10.2. The smallest absolute Gasteiger partial charge is 0.251 e. The van der Waals surface area contributed by atoms with Gasteiger partial charge in [0, 0.05) is 17.7 Å². The van der Waals surface area contributed by atoms with Crippen LogP contribution >= 0.6 is 0 Å². The zero-order chi connectivity index (χ0) is 22.5. The van der Waals surface area contributed by atoms with Crippen LogP contribution in [0.5, 0.6) is 17.2 Å². The Balaban J connectivity index is 1.67. The SMILES string of the molecule is CCNC(=O)c1ccc(OCCCCCOc2ccc(C(=N)OCC)cc2)c(OC)c1. The molecule has 0 unspecified atom stereocenters. The summed E-state index contributed by atoms with van der Waals surface area (Å²) in [5, 5.41) is 10.5. The van der Waals surface area contributed by atoms with Gasteiger partial charge in [-0.25, -0.2) is 0 Å². The van der Waals surface area contributed by atoms with E-state index in [1.807, 2.05) is 38.1 Å². The van der Waals surface area contributed by atoms with E-state index in [-0.39, 0.29) is 11.8 Å². The van der Waals surface area contributed by atoms with Gasteiger partial charge in [0.25, 0.3) is 5.91 Å². The number of hydrogen-bond donors (Lipinski definition) is 2. The lowest BCUT2D eigenvalue weighted by molar-refractivity contribution is 0.0955. The summed E-state index contributed by atoms with van der Waals surface area (Å²) in [5.74, 6) is 2.00. The van der Waals surface area contributed by atoms with Gasteiger partial charge in [-0.1, -0.05) is 0 Å². The maximum atomic E-state index is 11.9. The predicted octanol–water partition coefficient (Wildman–Crippen LogP) is 4.43. The van der Waals surface area contributed by atoms with Crippen LogP contribution in [-0.2, 0) is 4.74 Å². The summed E-state index contributed by atoms with van der Waals surface area (Å²) in [5.41, 5.74) is 1.28. The van der Waals surface area contributed by atoms with Gasteiger partial charge in [-0.2, -0.15) is 0 Å². The monoisotopic (exact) mass is 428 g/mol. The normalized spacial score (nSPS) is 10.3. The van der Waals surface area contributed by atoms with Crippen LogP contribution in [0.1, 0.15) is 49.0 Å². The first-order valence-corrected chi connectivity index (χ1v) is 10.6. The summed E-state index contributed by atoms with van der Waals surface area (Å²) in [6.07, 6.45) is 2.76. The van der Waals surface area contributed by atoms with E-state index < -0.39 is 0 Å². The average Bonchev–Trinajstić information content (AvgIpc) is 2.79. The number of benzene rings is 2. The lowest BCUT2D eigenvalue weighted by Gasteiger charge is -2.12. The topological polar surface area (TPSA) is 89.9 Å².